The maximum absolute atomic E-state index is 5.92. The van der Waals surface area contributed by atoms with E-state index < -0.39 is 0 Å². The van der Waals surface area contributed by atoms with Crippen LogP contribution in [0.4, 0.5) is 0 Å². The Bertz CT molecular complexity index is 273. The molecule has 0 atom stereocenters. The van der Waals surface area contributed by atoms with Gasteiger partial charge in [-0.05, 0) is 49.6 Å². The lowest BCUT2D eigenvalue weighted by Gasteiger charge is -2.02. The van der Waals surface area contributed by atoms with Crippen molar-refractivity contribution in [3.8, 4) is 0 Å². The molecule has 1 aromatic rings. The average molecular weight is 363 g/mol. The zero-order valence-corrected chi connectivity index (χ0v) is 10.9. The van der Waals surface area contributed by atoms with Gasteiger partial charge in [0.2, 0.25) is 0 Å². The highest BCUT2D eigenvalue weighted by atomic mass is 79.9. The van der Waals surface area contributed by atoms with Gasteiger partial charge in [0.25, 0.3) is 0 Å². The first-order valence-corrected chi connectivity index (χ1v) is 5.93. The summed E-state index contributed by atoms with van der Waals surface area (Å²) in [6.45, 7) is 0. The van der Waals surface area contributed by atoms with Crippen molar-refractivity contribution >= 4 is 59.4 Å². The predicted molar refractivity (Wildman–Crippen MR) is 59.5 cm³/mol. The van der Waals surface area contributed by atoms with E-state index in [2.05, 4.69) is 47.8 Å². The summed E-state index contributed by atoms with van der Waals surface area (Å²) in [5.74, 6) is 0. The lowest BCUT2D eigenvalue weighted by molar-refractivity contribution is 1.40. The van der Waals surface area contributed by atoms with E-state index in [4.69, 9.17) is 11.6 Å². The summed E-state index contributed by atoms with van der Waals surface area (Å²) in [4.78, 5) is 0. The second-order valence-electron chi connectivity index (χ2n) is 1.99. The molecule has 1 rings (SSSR count). The van der Waals surface area contributed by atoms with Crippen molar-refractivity contribution < 1.29 is 0 Å². The number of hydrogen-bond donors (Lipinski definition) is 0. The minimum atomic E-state index is 0.775. The van der Waals surface area contributed by atoms with E-state index in [-0.39, 0.29) is 0 Å². The van der Waals surface area contributed by atoms with Crippen LogP contribution in [0.25, 0.3) is 0 Å². The van der Waals surface area contributed by atoms with Gasteiger partial charge in [-0.2, -0.15) is 0 Å². The van der Waals surface area contributed by atoms with Crippen LogP contribution in [0, 0.1) is 0 Å². The number of hydrogen-bond acceptors (Lipinski definition) is 0. The Hall–Kier alpha value is 0.950. The molecule has 4 heteroatoms. The first kappa shape index (κ1) is 10.0. The van der Waals surface area contributed by atoms with E-state index in [9.17, 15) is 0 Å². The molecule has 0 saturated heterocycles. The van der Waals surface area contributed by atoms with Gasteiger partial charge in [-0.1, -0.05) is 27.5 Å². The van der Waals surface area contributed by atoms with Crippen molar-refractivity contribution in [1.29, 1.82) is 0 Å². The van der Waals surface area contributed by atoms with Crippen molar-refractivity contribution in [3.05, 3.63) is 31.7 Å². The minimum Gasteiger partial charge on any atom is -0.0876 e. The van der Waals surface area contributed by atoms with Crippen LogP contribution >= 0.6 is 59.4 Å². The third-order valence-corrected chi connectivity index (χ3v) is 4.03. The van der Waals surface area contributed by atoms with Crippen molar-refractivity contribution in [3.63, 3.8) is 0 Å². The fraction of sp³-hybridized carbons (Fsp3) is 0.143. The Kier molecular flexibility index (Phi) is 3.89. The van der Waals surface area contributed by atoms with Crippen LogP contribution in [-0.4, -0.2) is 0 Å². The molecule has 0 aliphatic carbocycles. The average Bonchev–Trinajstić information content (AvgIpc) is 1.97. The molecule has 0 aliphatic heterocycles. The largest absolute Gasteiger partial charge is 0.0876 e. The molecule has 0 aromatic heterocycles. The highest BCUT2D eigenvalue weighted by Crippen LogP contribution is 2.30. The van der Waals surface area contributed by atoms with Gasteiger partial charge in [0, 0.05) is 19.3 Å². The molecule has 0 unspecified atom stereocenters. The molecular weight excluding hydrogens is 359 g/mol. The lowest BCUT2D eigenvalue weighted by atomic mass is 10.2. The van der Waals surface area contributed by atoms with E-state index in [1.807, 2.05) is 12.1 Å². The number of rotatable bonds is 1. The van der Waals surface area contributed by atoms with Crippen molar-refractivity contribution in [2.45, 2.75) is 5.33 Å². The van der Waals surface area contributed by atoms with Gasteiger partial charge in [0.05, 0.1) is 0 Å². The summed E-state index contributed by atoms with van der Waals surface area (Å²) in [5.41, 5.74) is 1.08. The zero-order chi connectivity index (χ0) is 8.43. The fourth-order valence-corrected chi connectivity index (χ4v) is 2.39. The van der Waals surface area contributed by atoms with E-state index in [1.54, 1.807) is 0 Å². The van der Waals surface area contributed by atoms with Crippen LogP contribution in [0.5, 0.6) is 0 Å². The van der Waals surface area contributed by atoms with Crippen molar-refractivity contribution in [2.24, 2.45) is 0 Å². The van der Waals surface area contributed by atoms with Crippen LogP contribution in [0.15, 0.2) is 21.1 Å². The zero-order valence-electron chi connectivity index (χ0n) is 5.37. The van der Waals surface area contributed by atoms with E-state index in [0.717, 1.165) is 24.9 Å². The Balaban J connectivity index is 3.21. The van der Waals surface area contributed by atoms with Crippen LogP contribution in [0.3, 0.4) is 0 Å². The summed E-state index contributed by atoms with van der Waals surface area (Å²) in [6, 6.07) is 3.86. The second-order valence-corrected chi connectivity index (χ2v) is 4.67. The first-order chi connectivity index (χ1) is 5.15. The SMILES string of the molecule is Clc1cc(Br)c(Br)cc1CBr. The lowest BCUT2D eigenvalue weighted by Crippen LogP contribution is -1.80. The van der Waals surface area contributed by atoms with Gasteiger partial charge in [0.15, 0.2) is 0 Å². The van der Waals surface area contributed by atoms with Crippen LogP contribution in [-0.2, 0) is 5.33 Å². The number of halogens is 4. The molecule has 0 spiro atoms. The summed E-state index contributed by atoms with van der Waals surface area (Å²) in [6.07, 6.45) is 0. The van der Waals surface area contributed by atoms with E-state index in [0.29, 0.717) is 0 Å². The topological polar surface area (TPSA) is 0 Å². The van der Waals surface area contributed by atoms with Gasteiger partial charge in [-0.15, -0.1) is 0 Å². The molecule has 0 nitrogen and oxygen atoms in total. The highest BCUT2D eigenvalue weighted by Gasteiger charge is 2.02. The molecule has 0 N–H and O–H groups in total. The molecule has 60 valence electrons. The molecule has 0 bridgehead atoms. The summed E-state index contributed by atoms with van der Waals surface area (Å²) in [5, 5.41) is 1.55. The van der Waals surface area contributed by atoms with Gasteiger partial charge in [-0.3, -0.25) is 0 Å². The third kappa shape index (κ3) is 2.44. The Morgan fingerprint density at radius 3 is 2.27 bits per heavy atom. The predicted octanol–water partition coefficient (Wildman–Crippen LogP) is 4.76. The molecule has 0 fully saturated rings. The second kappa shape index (κ2) is 4.26. The molecule has 0 radical (unpaired) electrons. The normalized spacial score (nSPS) is 10.2. The van der Waals surface area contributed by atoms with Crippen LogP contribution < -0.4 is 0 Å². The Labute approximate surface area is 95.7 Å². The summed E-state index contributed by atoms with van der Waals surface area (Å²) < 4.78 is 2.00. The third-order valence-electron chi connectivity index (χ3n) is 1.23. The van der Waals surface area contributed by atoms with E-state index >= 15 is 0 Å². The maximum Gasteiger partial charge on any atom is 0.0458 e. The molecule has 0 heterocycles. The standard InChI is InChI=1S/C7H4Br3Cl/c8-3-4-1-5(9)6(10)2-7(4)11/h1-2H,3H2. The maximum atomic E-state index is 5.92. The van der Waals surface area contributed by atoms with Gasteiger partial charge < -0.3 is 0 Å². The molecule has 0 saturated carbocycles. The molecule has 1 aromatic carbocycles. The summed E-state index contributed by atoms with van der Waals surface area (Å²) in [7, 11) is 0. The molecule has 11 heavy (non-hydrogen) atoms. The molecular formula is C7H4Br3Cl. The molecule has 0 amide bonds. The minimum absolute atomic E-state index is 0.775. The van der Waals surface area contributed by atoms with Crippen LogP contribution in [0.2, 0.25) is 5.02 Å². The van der Waals surface area contributed by atoms with E-state index in [1.165, 1.54) is 0 Å². The van der Waals surface area contributed by atoms with Gasteiger partial charge >= 0.3 is 0 Å². The first-order valence-electron chi connectivity index (χ1n) is 2.84. The Morgan fingerprint density at radius 1 is 1.18 bits per heavy atom. The molecule has 0 aliphatic rings. The quantitative estimate of drug-likeness (QED) is 0.499. The fourth-order valence-electron chi connectivity index (χ4n) is 0.666. The number of benzene rings is 1. The van der Waals surface area contributed by atoms with Crippen LogP contribution in [0.1, 0.15) is 5.56 Å². The van der Waals surface area contributed by atoms with Crippen molar-refractivity contribution in [1.82, 2.24) is 0 Å². The Morgan fingerprint density at radius 2 is 1.73 bits per heavy atom. The van der Waals surface area contributed by atoms with Crippen molar-refractivity contribution in [2.75, 3.05) is 0 Å². The van der Waals surface area contributed by atoms with Gasteiger partial charge in [-0.25, -0.2) is 0 Å². The summed E-state index contributed by atoms with van der Waals surface area (Å²) >= 11 is 16.0. The highest BCUT2D eigenvalue weighted by molar-refractivity contribution is 9.13. The van der Waals surface area contributed by atoms with Gasteiger partial charge in [0.1, 0.15) is 0 Å². The monoisotopic (exact) mass is 360 g/mol. The smallest absolute Gasteiger partial charge is 0.0458 e. The number of alkyl halides is 1.